The number of hydrogen-bond acceptors (Lipinski definition) is 4. The predicted octanol–water partition coefficient (Wildman–Crippen LogP) is 5.43. The monoisotopic (exact) mass is 500 g/mol. The van der Waals surface area contributed by atoms with Gasteiger partial charge in [0.15, 0.2) is 0 Å². The normalized spacial score (nSPS) is 12.1. The predicted molar refractivity (Wildman–Crippen MR) is 136 cm³/mol. The number of hydrogen-bond donors (Lipinski definition) is 1. The van der Waals surface area contributed by atoms with Crippen LogP contribution in [-0.2, 0) is 14.8 Å². The van der Waals surface area contributed by atoms with Crippen molar-refractivity contribution < 1.29 is 17.9 Å². The van der Waals surface area contributed by atoms with Crippen LogP contribution in [0.15, 0.2) is 71.6 Å². The van der Waals surface area contributed by atoms with Crippen LogP contribution in [0.25, 0.3) is 0 Å². The van der Waals surface area contributed by atoms with E-state index in [0.717, 1.165) is 21.2 Å². The number of anilines is 1. The first kappa shape index (κ1) is 25.6. The van der Waals surface area contributed by atoms with Crippen molar-refractivity contribution >= 4 is 33.2 Å². The standard InChI is InChI=1S/C26H29ClN2O4S/c1-5-33-23-12-9-21(10-13-23)20(4)28-26(30)17-29(25-16-22(27)11-8-19(25)3)34(31,32)24-14-6-18(2)7-15-24/h6-16,20H,5,17H2,1-4H3,(H,28,30)/t20-/m1/s1. The lowest BCUT2D eigenvalue weighted by Gasteiger charge is -2.26. The molecule has 8 heteroatoms. The summed E-state index contributed by atoms with van der Waals surface area (Å²) < 4.78 is 33.7. The molecule has 0 unspecified atom stereocenters. The van der Waals surface area contributed by atoms with Crippen molar-refractivity contribution in [3.8, 4) is 5.75 Å². The Morgan fingerprint density at radius 1 is 1.03 bits per heavy atom. The first-order valence-corrected chi connectivity index (χ1v) is 12.8. The summed E-state index contributed by atoms with van der Waals surface area (Å²) in [5, 5.41) is 3.28. The Kier molecular flexibility index (Phi) is 8.23. The van der Waals surface area contributed by atoms with Gasteiger partial charge in [0.05, 0.1) is 23.2 Å². The van der Waals surface area contributed by atoms with Crippen LogP contribution in [0, 0.1) is 13.8 Å². The lowest BCUT2D eigenvalue weighted by atomic mass is 10.1. The van der Waals surface area contributed by atoms with E-state index in [9.17, 15) is 13.2 Å². The molecular weight excluding hydrogens is 472 g/mol. The Morgan fingerprint density at radius 3 is 2.29 bits per heavy atom. The van der Waals surface area contributed by atoms with Gasteiger partial charge in [0, 0.05) is 5.02 Å². The molecule has 0 saturated carbocycles. The Morgan fingerprint density at radius 2 is 1.68 bits per heavy atom. The highest BCUT2D eigenvalue weighted by Gasteiger charge is 2.29. The fourth-order valence-electron chi connectivity index (χ4n) is 3.51. The maximum absolute atomic E-state index is 13.6. The molecule has 34 heavy (non-hydrogen) atoms. The number of nitrogens with zero attached hydrogens (tertiary/aromatic N) is 1. The van der Waals surface area contributed by atoms with Crippen molar-refractivity contribution in [2.24, 2.45) is 0 Å². The zero-order valence-corrected chi connectivity index (χ0v) is 21.3. The Hall–Kier alpha value is -3.03. The van der Waals surface area contributed by atoms with E-state index < -0.39 is 22.5 Å². The minimum Gasteiger partial charge on any atom is -0.494 e. The van der Waals surface area contributed by atoms with Crippen LogP contribution < -0.4 is 14.4 Å². The summed E-state index contributed by atoms with van der Waals surface area (Å²) in [5.74, 6) is 0.313. The molecule has 0 heterocycles. The van der Waals surface area contributed by atoms with Gasteiger partial charge in [-0.15, -0.1) is 0 Å². The smallest absolute Gasteiger partial charge is 0.264 e. The minimum absolute atomic E-state index is 0.102. The molecule has 0 aliphatic carbocycles. The number of halogens is 1. The summed E-state index contributed by atoms with van der Waals surface area (Å²) in [7, 11) is -4.02. The maximum atomic E-state index is 13.6. The molecule has 3 aromatic rings. The third-order valence-electron chi connectivity index (χ3n) is 5.40. The van der Waals surface area contributed by atoms with E-state index in [2.05, 4.69) is 5.32 Å². The zero-order valence-electron chi connectivity index (χ0n) is 19.7. The van der Waals surface area contributed by atoms with Crippen molar-refractivity contribution in [2.45, 2.75) is 38.6 Å². The molecule has 3 rings (SSSR count). The van der Waals surface area contributed by atoms with Crippen LogP contribution in [0.2, 0.25) is 5.02 Å². The first-order chi connectivity index (χ1) is 16.1. The number of benzene rings is 3. The number of carbonyl (C=O) groups excluding carboxylic acids is 1. The van der Waals surface area contributed by atoms with E-state index in [4.69, 9.17) is 16.3 Å². The van der Waals surface area contributed by atoms with Crippen LogP contribution in [0.4, 0.5) is 5.69 Å². The van der Waals surface area contributed by atoms with E-state index >= 15 is 0 Å². The second-order valence-corrected chi connectivity index (χ2v) is 10.3. The molecule has 0 aliphatic rings. The summed E-state index contributed by atoms with van der Waals surface area (Å²) in [6, 6.07) is 18.6. The van der Waals surface area contributed by atoms with E-state index in [-0.39, 0.29) is 10.9 Å². The van der Waals surface area contributed by atoms with Crippen molar-refractivity contribution in [2.75, 3.05) is 17.5 Å². The molecule has 1 N–H and O–H groups in total. The van der Waals surface area contributed by atoms with Gasteiger partial charge in [0.1, 0.15) is 12.3 Å². The zero-order chi connectivity index (χ0) is 24.9. The highest BCUT2D eigenvalue weighted by Crippen LogP contribution is 2.29. The number of aryl methyl sites for hydroxylation is 2. The Balaban J connectivity index is 1.88. The van der Waals surface area contributed by atoms with Gasteiger partial charge in [-0.3, -0.25) is 9.10 Å². The van der Waals surface area contributed by atoms with Gasteiger partial charge < -0.3 is 10.1 Å². The maximum Gasteiger partial charge on any atom is 0.264 e. The average Bonchev–Trinajstić information content (AvgIpc) is 2.80. The lowest BCUT2D eigenvalue weighted by Crippen LogP contribution is -2.42. The van der Waals surface area contributed by atoms with Gasteiger partial charge in [-0.25, -0.2) is 8.42 Å². The van der Waals surface area contributed by atoms with Crippen LogP contribution in [0.5, 0.6) is 5.75 Å². The first-order valence-electron chi connectivity index (χ1n) is 11.0. The van der Waals surface area contributed by atoms with Gasteiger partial charge in [-0.1, -0.05) is 47.5 Å². The molecule has 0 aliphatic heterocycles. The Bertz CT molecular complexity index is 1240. The van der Waals surface area contributed by atoms with Gasteiger partial charge in [-0.2, -0.15) is 0 Å². The van der Waals surface area contributed by atoms with E-state index in [0.29, 0.717) is 22.9 Å². The summed E-state index contributed by atoms with van der Waals surface area (Å²) >= 11 is 6.18. The molecule has 180 valence electrons. The number of carbonyl (C=O) groups is 1. The second kappa shape index (κ2) is 10.9. The fourth-order valence-corrected chi connectivity index (χ4v) is 5.15. The van der Waals surface area contributed by atoms with Crippen LogP contribution >= 0.6 is 11.6 Å². The molecule has 0 fully saturated rings. The van der Waals surface area contributed by atoms with Crippen LogP contribution in [-0.4, -0.2) is 27.5 Å². The number of sulfonamides is 1. The van der Waals surface area contributed by atoms with E-state index in [1.54, 1.807) is 37.3 Å². The number of amides is 1. The molecule has 0 saturated heterocycles. The minimum atomic E-state index is -4.02. The van der Waals surface area contributed by atoms with Crippen LogP contribution in [0.1, 0.15) is 36.6 Å². The third-order valence-corrected chi connectivity index (χ3v) is 7.41. The largest absolute Gasteiger partial charge is 0.494 e. The van der Waals surface area contributed by atoms with Crippen molar-refractivity contribution in [1.82, 2.24) is 5.32 Å². The molecule has 0 spiro atoms. The van der Waals surface area contributed by atoms with Gasteiger partial charge >= 0.3 is 0 Å². The van der Waals surface area contributed by atoms with Gasteiger partial charge in [0.25, 0.3) is 10.0 Å². The van der Waals surface area contributed by atoms with E-state index in [1.807, 2.05) is 45.0 Å². The van der Waals surface area contributed by atoms with Crippen molar-refractivity contribution in [3.63, 3.8) is 0 Å². The summed E-state index contributed by atoms with van der Waals surface area (Å²) in [4.78, 5) is 13.1. The fraction of sp³-hybridized carbons (Fsp3) is 0.269. The number of nitrogens with one attached hydrogen (secondary N) is 1. The number of ether oxygens (including phenoxy) is 1. The average molecular weight is 501 g/mol. The quantitative estimate of drug-likeness (QED) is 0.425. The SMILES string of the molecule is CCOc1ccc([C@@H](C)NC(=O)CN(c2cc(Cl)ccc2C)S(=O)(=O)c2ccc(C)cc2)cc1. The second-order valence-electron chi connectivity index (χ2n) is 8.05. The molecule has 6 nitrogen and oxygen atoms in total. The van der Waals surface area contributed by atoms with Gasteiger partial charge in [0.2, 0.25) is 5.91 Å². The molecule has 1 atom stereocenters. The van der Waals surface area contributed by atoms with Crippen LogP contribution in [0.3, 0.4) is 0 Å². The van der Waals surface area contributed by atoms with Crippen molar-refractivity contribution in [1.29, 1.82) is 0 Å². The third kappa shape index (κ3) is 6.10. The molecule has 0 bridgehead atoms. The molecule has 0 aromatic heterocycles. The Labute approximate surface area is 206 Å². The highest BCUT2D eigenvalue weighted by molar-refractivity contribution is 7.92. The highest BCUT2D eigenvalue weighted by atomic mass is 35.5. The molecule has 1 amide bonds. The number of rotatable bonds is 9. The summed E-state index contributed by atoms with van der Waals surface area (Å²) in [5.41, 5.74) is 2.86. The molecule has 0 radical (unpaired) electrons. The summed E-state index contributed by atoms with van der Waals surface area (Å²) in [6.45, 7) is 7.60. The van der Waals surface area contributed by atoms with Crippen molar-refractivity contribution in [3.05, 3.63) is 88.4 Å². The molecular formula is C26H29ClN2O4S. The van der Waals surface area contributed by atoms with Gasteiger partial charge in [-0.05, 0) is 75.2 Å². The topological polar surface area (TPSA) is 75.7 Å². The lowest BCUT2D eigenvalue weighted by molar-refractivity contribution is -0.120. The molecule has 3 aromatic carbocycles. The summed E-state index contributed by atoms with van der Waals surface area (Å²) in [6.07, 6.45) is 0. The van der Waals surface area contributed by atoms with E-state index in [1.165, 1.54) is 12.1 Å².